The van der Waals surface area contributed by atoms with Crippen LogP contribution in [0, 0.1) is 11.3 Å². The number of rotatable bonds is 3. The van der Waals surface area contributed by atoms with Gasteiger partial charge in [0.25, 0.3) is 0 Å². The molecule has 2 fully saturated rings. The molecule has 4 heteroatoms. The Balaban J connectivity index is 1.82. The highest BCUT2D eigenvalue weighted by Gasteiger charge is 2.32. The minimum absolute atomic E-state index is 0.0189. The third kappa shape index (κ3) is 3.93. The monoisotopic (exact) mass is 268 g/mol. The molecule has 4 nitrogen and oxygen atoms in total. The summed E-state index contributed by atoms with van der Waals surface area (Å²) >= 11 is 0. The van der Waals surface area contributed by atoms with E-state index in [1.54, 1.807) is 0 Å². The lowest BCUT2D eigenvalue weighted by molar-refractivity contribution is -0.134. The maximum absolute atomic E-state index is 12.3. The van der Waals surface area contributed by atoms with Gasteiger partial charge in [-0.1, -0.05) is 13.8 Å². The van der Waals surface area contributed by atoms with Gasteiger partial charge in [0.2, 0.25) is 5.91 Å². The summed E-state index contributed by atoms with van der Waals surface area (Å²) in [4.78, 5) is 16.5. The predicted molar refractivity (Wildman–Crippen MR) is 75.8 cm³/mol. The van der Waals surface area contributed by atoms with E-state index in [0.29, 0.717) is 6.54 Å². The van der Waals surface area contributed by atoms with E-state index in [2.05, 4.69) is 18.7 Å². The lowest BCUT2D eigenvalue weighted by Crippen LogP contribution is -2.49. The van der Waals surface area contributed by atoms with Gasteiger partial charge in [-0.15, -0.1) is 0 Å². The van der Waals surface area contributed by atoms with Gasteiger partial charge in [-0.25, -0.2) is 0 Å². The van der Waals surface area contributed by atoms with Crippen LogP contribution in [0.15, 0.2) is 0 Å². The van der Waals surface area contributed by atoms with E-state index in [0.717, 1.165) is 57.8 Å². The van der Waals surface area contributed by atoms with Crippen LogP contribution in [0.2, 0.25) is 0 Å². The summed E-state index contributed by atoms with van der Waals surface area (Å²) in [6.07, 6.45) is 4.43. The number of amides is 1. The highest BCUT2D eigenvalue weighted by molar-refractivity contribution is 5.78. The first-order chi connectivity index (χ1) is 9.02. The van der Waals surface area contributed by atoms with Crippen LogP contribution in [0.5, 0.6) is 0 Å². The molecule has 0 aromatic rings. The molecule has 19 heavy (non-hydrogen) atoms. The van der Waals surface area contributed by atoms with Crippen molar-refractivity contribution in [1.29, 1.82) is 0 Å². The van der Waals surface area contributed by atoms with E-state index in [4.69, 9.17) is 0 Å². The summed E-state index contributed by atoms with van der Waals surface area (Å²) in [5, 5.41) is 9.46. The number of aliphatic hydroxyl groups is 1. The van der Waals surface area contributed by atoms with Gasteiger partial charge in [0.1, 0.15) is 0 Å². The van der Waals surface area contributed by atoms with Crippen molar-refractivity contribution in [3.05, 3.63) is 0 Å². The summed E-state index contributed by atoms with van der Waals surface area (Å²) in [6, 6.07) is 0. The van der Waals surface area contributed by atoms with E-state index in [1.807, 2.05) is 4.90 Å². The van der Waals surface area contributed by atoms with Crippen LogP contribution in [0.4, 0.5) is 0 Å². The van der Waals surface area contributed by atoms with Gasteiger partial charge in [0.15, 0.2) is 0 Å². The molecule has 1 amide bonds. The summed E-state index contributed by atoms with van der Waals surface area (Å²) in [5.41, 5.74) is -0.0189. The largest absolute Gasteiger partial charge is 0.396 e. The summed E-state index contributed by atoms with van der Waals surface area (Å²) in [6.45, 7) is 8.81. The highest BCUT2D eigenvalue weighted by atomic mass is 16.3. The van der Waals surface area contributed by atoms with Gasteiger partial charge < -0.3 is 10.0 Å². The molecule has 1 unspecified atom stereocenters. The third-order valence-electron chi connectivity index (χ3n) is 4.74. The molecule has 0 spiro atoms. The lowest BCUT2D eigenvalue weighted by Gasteiger charge is -2.40. The predicted octanol–water partition coefficient (Wildman–Crippen LogP) is 1.34. The Kier molecular flexibility index (Phi) is 4.85. The van der Waals surface area contributed by atoms with Crippen LogP contribution in [0.3, 0.4) is 0 Å². The van der Waals surface area contributed by atoms with E-state index >= 15 is 0 Å². The van der Waals surface area contributed by atoms with Crippen molar-refractivity contribution in [2.45, 2.75) is 39.5 Å². The van der Waals surface area contributed by atoms with Crippen LogP contribution in [0.1, 0.15) is 39.5 Å². The first-order valence-corrected chi connectivity index (χ1v) is 7.63. The Bertz CT molecular complexity index is 313. The Labute approximate surface area is 116 Å². The average molecular weight is 268 g/mol. The molecule has 1 N–H and O–H groups in total. The molecule has 0 bridgehead atoms. The zero-order valence-electron chi connectivity index (χ0n) is 12.4. The fourth-order valence-corrected chi connectivity index (χ4v) is 3.24. The molecule has 0 aromatic carbocycles. The van der Waals surface area contributed by atoms with Crippen molar-refractivity contribution >= 4 is 5.91 Å². The molecule has 1 atom stereocenters. The molecule has 0 saturated carbocycles. The zero-order valence-corrected chi connectivity index (χ0v) is 12.4. The van der Waals surface area contributed by atoms with Gasteiger partial charge in [-0.3, -0.25) is 9.69 Å². The summed E-state index contributed by atoms with van der Waals surface area (Å²) in [7, 11) is 0. The number of hydrogen-bond donors (Lipinski definition) is 1. The van der Waals surface area contributed by atoms with Crippen LogP contribution in [0.25, 0.3) is 0 Å². The molecule has 2 heterocycles. The smallest absolute Gasteiger partial charge is 0.236 e. The van der Waals surface area contributed by atoms with Crippen molar-refractivity contribution in [3.8, 4) is 0 Å². The molecular weight excluding hydrogens is 240 g/mol. The first-order valence-electron chi connectivity index (χ1n) is 7.63. The van der Waals surface area contributed by atoms with Gasteiger partial charge >= 0.3 is 0 Å². The second kappa shape index (κ2) is 6.23. The van der Waals surface area contributed by atoms with Crippen LogP contribution in [-0.2, 0) is 4.79 Å². The topological polar surface area (TPSA) is 43.8 Å². The van der Waals surface area contributed by atoms with Crippen LogP contribution in [-0.4, -0.2) is 60.1 Å². The Morgan fingerprint density at radius 1 is 1.32 bits per heavy atom. The fourth-order valence-electron chi connectivity index (χ4n) is 3.24. The SMILES string of the molecule is CC1CCN(C(=O)CN2CCCC(C)(CO)C2)CC1. The molecule has 0 radical (unpaired) electrons. The Morgan fingerprint density at radius 2 is 2.00 bits per heavy atom. The number of hydrogen-bond acceptors (Lipinski definition) is 3. The Morgan fingerprint density at radius 3 is 2.63 bits per heavy atom. The molecule has 110 valence electrons. The van der Waals surface area contributed by atoms with Crippen molar-refractivity contribution in [3.63, 3.8) is 0 Å². The van der Waals surface area contributed by atoms with Crippen molar-refractivity contribution < 1.29 is 9.90 Å². The van der Waals surface area contributed by atoms with Crippen LogP contribution >= 0.6 is 0 Å². The third-order valence-corrected chi connectivity index (χ3v) is 4.74. The normalized spacial score (nSPS) is 30.6. The van der Waals surface area contributed by atoms with Gasteiger partial charge in [-0.2, -0.15) is 0 Å². The number of piperidine rings is 2. The number of aliphatic hydroxyl groups excluding tert-OH is 1. The molecular formula is C15H28N2O2. The fraction of sp³-hybridized carbons (Fsp3) is 0.933. The molecule has 0 aromatic heterocycles. The second-order valence-corrected chi connectivity index (χ2v) is 6.85. The van der Waals surface area contributed by atoms with Crippen molar-refractivity contribution in [1.82, 2.24) is 9.80 Å². The molecule has 0 aliphatic carbocycles. The van der Waals surface area contributed by atoms with Gasteiger partial charge in [-0.05, 0) is 38.1 Å². The van der Waals surface area contributed by atoms with Gasteiger partial charge in [0, 0.05) is 31.7 Å². The second-order valence-electron chi connectivity index (χ2n) is 6.85. The molecule has 2 aliphatic rings. The minimum atomic E-state index is -0.0189. The van der Waals surface area contributed by atoms with Crippen molar-refractivity contribution in [2.24, 2.45) is 11.3 Å². The zero-order chi connectivity index (χ0) is 13.9. The summed E-state index contributed by atoms with van der Waals surface area (Å²) in [5.74, 6) is 1.03. The number of likely N-dealkylation sites (tertiary alicyclic amines) is 2. The maximum atomic E-state index is 12.3. The number of carbonyl (C=O) groups is 1. The lowest BCUT2D eigenvalue weighted by atomic mass is 9.83. The standard InChI is InChI=1S/C15H28N2O2/c1-13-4-8-17(9-5-13)14(19)10-16-7-3-6-15(2,11-16)12-18/h13,18H,3-12H2,1-2H3. The quantitative estimate of drug-likeness (QED) is 0.840. The number of nitrogens with zero attached hydrogens (tertiary/aromatic N) is 2. The van der Waals surface area contributed by atoms with E-state index in [9.17, 15) is 9.90 Å². The minimum Gasteiger partial charge on any atom is -0.396 e. The van der Waals surface area contributed by atoms with E-state index in [1.165, 1.54) is 0 Å². The maximum Gasteiger partial charge on any atom is 0.236 e. The highest BCUT2D eigenvalue weighted by Crippen LogP contribution is 2.28. The molecule has 2 aliphatic heterocycles. The first kappa shape index (κ1) is 14.8. The van der Waals surface area contributed by atoms with E-state index in [-0.39, 0.29) is 17.9 Å². The molecule has 2 saturated heterocycles. The Hall–Kier alpha value is -0.610. The average Bonchev–Trinajstić information content (AvgIpc) is 2.39. The number of carbonyl (C=O) groups excluding carboxylic acids is 1. The summed E-state index contributed by atoms with van der Waals surface area (Å²) < 4.78 is 0. The van der Waals surface area contributed by atoms with Crippen LogP contribution < -0.4 is 0 Å². The van der Waals surface area contributed by atoms with E-state index < -0.39 is 0 Å². The van der Waals surface area contributed by atoms with Gasteiger partial charge in [0.05, 0.1) is 6.54 Å². The molecule has 2 rings (SSSR count). The van der Waals surface area contributed by atoms with Crippen molar-refractivity contribution in [2.75, 3.05) is 39.3 Å².